The standard InChI is InChI=1S/C29H28N2O4/c1-18(2)34-26-6-4-5-24(30-26)17-25-19(3)31-35-27(25)22-9-7-20(8-10-22)21-11-13-23(14-12-21)29(15-16-29)28(32)33/h4-14,18H,15-17H2,1-3H3,(H,32,33). The van der Waals surface area contributed by atoms with Crippen molar-refractivity contribution in [2.45, 2.75) is 51.6 Å². The molecule has 0 atom stereocenters. The van der Waals surface area contributed by atoms with Crippen molar-refractivity contribution >= 4 is 5.97 Å². The first-order valence-electron chi connectivity index (χ1n) is 11.9. The van der Waals surface area contributed by atoms with E-state index >= 15 is 0 Å². The lowest BCUT2D eigenvalue weighted by Gasteiger charge is -2.11. The predicted molar refractivity (Wildman–Crippen MR) is 133 cm³/mol. The summed E-state index contributed by atoms with van der Waals surface area (Å²) in [7, 11) is 0. The molecule has 6 nitrogen and oxygen atoms in total. The van der Waals surface area contributed by atoms with E-state index < -0.39 is 11.4 Å². The molecule has 2 aromatic heterocycles. The summed E-state index contributed by atoms with van der Waals surface area (Å²) in [5, 5.41) is 13.7. The van der Waals surface area contributed by atoms with Crippen LogP contribution in [0.2, 0.25) is 0 Å². The van der Waals surface area contributed by atoms with Gasteiger partial charge in [0.1, 0.15) is 0 Å². The largest absolute Gasteiger partial charge is 0.481 e. The first kappa shape index (κ1) is 22.8. The molecule has 4 aromatic rings. The van der Waals surface area contributed by atoms with E-state index in [0.717, 1.165) is 45.0 Å². The summed E-state index contributed by atoms with van der Waals surface area (Å²) in [6, 6.07) is 21.8. The van der Waals surface area contributed by atoms with Crippen molar-refractivity contribution < 1.29 is 19.2 Å². The Hall–Kier alpha value is -3.93. The number of carboxylic acid groups (broad SMARTS) is 1. The van der Waals surface area contributed by atoms with E-state index in [1.54, 1.807) is 0 Å². The van der Waals surface area contributed by atoms with E-state index in [1.807, 2.05) is 87.5 Å². The number of benzene rings is 2. The SMILES string of the molecule is Cc1noc(-c2ccc(-c3ccc(C4(C(=O)O)CC4)cc3)cc2)c1Cc1cccc(OC(C)C)n1. The normalized spacial score (nSPS) is 14.2. The van der Waals surface area contributed by atoms with Gasteiger partial charge in [0.05, 0.1) is 17.2 Å². The minimum atomic E-state index is -0.734. The Labute approximate surface area is 204 Å². The topological polar surface area (TPSA) is 85.5 Å². The molecule has 178 valence electrons. The van der Waals surface area contributed by atoms with Crippen molar-refractivity contribution in [3.8, 4) is 28.3 Å². The molecule has 1 aliphatic rings. The fraction of sp³-hybridized carbons (Fsp3) is 0.276. The predicted octanol–water partition coefficient (Wildman–Crippen LogP) is 6.21. The van der Waals surface area contributed by atoms with E-state index in [9.17, 15) is 9.90 Å². The Morgan fingerprint density at radius 2 is 1.63 bits per heavy atom. The third-order valence-corrected chi connectivity index (χ3v) is 6.56. The second kappa shape index (κ2) is 9.02. The van der Waals surface area contributed by atoms with Crippen LogP contribution in [0.1, 0.15) is 49.2 Å². The third-order valence-electron chi connectivity index (χ3n) is 6.56. The number of aromatic nitrogens is 2. The first-order valence-corrected chi connectivity index (χ1v) is 11.9. The molecule has 6 heteroatoms. The van der Waals surface area contributed by atoms with Crippen molar-refractivity contribution in [2.75, 3.05) is 0 Å². The number of pyridine rings is 1. The second-order valence-corrected chi connectivity index (χ2v) is 9.43. The molecule has 0 saturated heterocycles. The molecule has 2 aromatic carbocycles. The molecule has 2 heterocycles. The van der Waals surface area contributed by atoms with Crippen LogP contribution < -0.4 is 4.74 Å². The van der Waals surface area contributed by atoms with Crippen molar-refractivity contribution in [1.82, 2.24) is 10.1 Å². The number of aryl methyl sites for hydroxylation is 1. The maximum Gasteiger partial charge on any atom is 0.314 e. The molecular formula is C29H28N2O4. The smallest absolute Gasteiger partial charge is 0.314 e. The van der Waals surface area contributed by atoms with Gasteiger partial charge in [-0.25, -0.2) is 4.98 Å². The van der Waals surface area contributed by atoms with Crippen LogP contribution in [0.3, 0.4) is 0 Å². The van der Waals surface area contributed by atoms with Gasteiger partial charge in [-0.15, -0.1) is 0 Å². The number of ether oxygens (including phenoxy) is 1. The Morgan fingerprint density at radius 3 is 2.23 bits per heavy atom. The summed E-state index contributed by atoms with van der Waals surface area (Å²) in [5.41, 5.74) is 5.96. The number of nitrogens with zero attached hydrogens (tertiary/aromatic N) is 2. The highest BCUT2D eigenvalue weighted by atomic mass is 16.5. The number of hydrogen-bond donors (Lipinski definition) is 1. The number of rotatable bonds is 8. The van der Waals surface area contributed by atoms with Gasteiger partial charge in [-0.2, -0.15) is 0 Å². The minimum Gasteiger partial charge on any atom is -0.481 e. The fourth-order valence-corrected chi connectivity index (χ4v) is 4.41. The van der Waals surface area contributed by atoms with Crippen LogP contribution >= 0.6 is 0 Å². The molecule has 1 aliphatic carbocycles. The van der Waals surface area contributed by atoms with Crippen molar-refractivity contribution in [1.29, 1.82) is 0 Å². The summed E-state index contributed by atoms with van der Waals surface area (Å²) in [4.78, 5) is 16.2. The van der Waals surface area contributed by atoms with E-state index in [1.165, 1.54) is 0 Å². The number of hydrogen-bond acceptors (Lipinski definition) is 5. The van der Waals surface area contributed by atoms with Gasteiger partial charge in [-0.05, 0) is 56.4 Å². The summed E-state index contributed by atoms with van der Waals surface area (Å²) in [5.74, 6) is 0.611. The molecule has 0 aliphatic heterocycles. The number of carboxylic acids is 1. The van der Waals surface area contributed by atoms with Gasteiger partial charge in [0, 0.05) is 29.3 Å². The van der Waals surface area contributed by atoms with Crippen LogP contribution in [0.25, 0.3) is 22.5 Å². The second-order valence-electron chi connectivity index (χ2n) is 9.43. The lowest BCUT2D eigenvalue weighted by Crippen LogP contribution is -2.19. The van der Waals surface area contributed by atoms with E-state index in [0.29, 0.717) is 25.1 Å². The van der Waals surface area contributed by atoms with Gasteiger partial charge in [-0.1, -0.05) is 59.8 Å². The van der Waals surface area contributed by atoms with Crippen molar-refractivity contribution in [3.05, 3.63) is 89.2 Å². The Bertz CT molecular complexity index is 1350. The number of aliphatic carboxylic acids is 1. The Balaban J connectivity index is 1.36. The maximum absolute atomic E-state index is 11.6. The molecule has 0 unspecified atom stereocenters. The van der Waals surface area contributed by atoms with Gasteiger partial charge in [0.15, 0.2) is 5.76 Å². The van der Waals surface area contributed by atoms with Gasteiger partial charge in [-0.3, -0.25) is 4.79 Å². The zero-order valence-corrected chi connectivity index (χ0v) is 20.1. The van der Waals surface area contributed by atoms with E-state index in [2.05, 4.69) is 10.1 Å². The average molecular weight is 469 g/mol. The Kier molecular flexibility index (Phi) is 5.89. The number of carbonyl (C=O) groups is 1. The molecule has 1 saturated carbocycles. The summed E-state index contributed by atoms with van der Waals surface area (Å²) < 4.78 is 11.4. The average Bonchev–Trinajstić information content (AvgIpc) is 3.59. The molecule has 0 bridgehead atoms. The van der Waals surface area contributed by atoms with Crippen LogP contribution in [-0.2, 0) is 16.6 Å². The zero-order valence-electron chi connectivity index (χ0n) is 20.1. The van der Waals surface area contributed by atoms with E-state index in [-0.39, 0.29) is 6.10 Å². The van der Waals surface area contributed by atoms with Gasteiger partial charge < -0.3 is 14.4 Å². The fourth-order valence-electron chi connectivity index (χ4n) is 4.41. The third kappa shape index (κ3) is 4.56. The Morgan fingerprint density at radius 1 is 1.00 bits per heavy atom. The van der Waals surface area contributed by atoms with Crippen LogP contribution in [0, 0.1) is 6.92 Å². The first-order chi connectivity index (χ1) is 16.9. The molecular weight excluding hydrogens is 440 g/mol. The quantitative estimate of drug-likeness (QED) is 0.331. The van der Waals surface area contributed by atoms with E-state index in [4.69, 9.17) is 9.26 Å². The van der Waals surface area contributed by atoms with Crippen LogP contribution in [-0.4, -0.2) is 27.3 Å². The lowest BCUT2D eigenvalue weighted by molar-refractivity contribution is -0.140. The molecule has 0 amide bonds. The lowest BCUT2D eigenvalue weighted by atomic mass is 9.93. The van der Waals surface area contributed by atoms with Gasteiger partial charge >= 0.3 is 5.97 Å². The minimum absolute atomic E-state index is 0.0624. The van der Waals surface area contributed by atoms with Crippen molar-refractivity contribution in [2.24, 2.45) is 0 Å². The summed E-state index contributed by atoms with van der Waals surface area (Å²) in [6.45, 7) is 5.90. The van der Waals surface area contributed by atoms with Crippen LogP contribution in [0.15, 0.2) is 71.3 Å². The van der Waals surface area contributed by atoms with Crippen molar-refractivity contribution in [3.63, 3.8) is 0 Å². The van der Waals surface area contributed by atoms with Crippen LogP contribution in [0.4, 0.5) is 0 Å². The molecule has 35 heavy (non-hydrogen) atoms. The molecule has 0 radical (unpaired) electrons. The molecule has 1 fully saturated rings. The molecule has 0 spiro atoms. The van der Waals surface area contributed by atoms with Crippen LogP contribution in [0.5, 0.6) is 5.88 Å². The highest BCUT2D eigenvalue weighted by Gasteiger charge is 2.51. The monoisotopic (exact) mass is 468 g/mol. The van der Waals surface area contributed by atoms with Gasteiger partial charge in [0.2, 0.25) is 5.88 Å². The summed E-state index contributed by atoms with van der Waals surface area (Å²) >= 11 is 0. The molecule has 1 N–H and O–H groups in total. The highest BCUT2D eigenvalue weighted by Crippen LogP contribution is 2.48. The zero-order chi connectivity index (χ0) is 24.6. The summed E-state index contributed by atoms with van der Waals surface area (Å²) in [6.07, 6.45) is 2.07. The highest BCUT2D eigenvalue weighted by molar-refractivity contribution is 5.85. The molecule has 5 rings (SSSR count). The van der Waals surface area contributed by atoms with Gasteiger partial charge in [0.25, 0.3) is 0 Å². The maximum atomic E-state index is 11.6.